The van der Waals surface area contributed by atoms with Gasteiger partial charge in [-0.2, -0.15) is 13.2 Å². The summed E-state index contributed by atoms with van der Waals surface area (Å²) in [6, 6.07) is -0.0848. The maximum absolute atomic E-state index is 12.1. The van der Waals surface area contributed by atoms with Crippen molar-refractivity contribution in [1.29, 1.82) is 0 Å². The third kappa shape index (κ3) is 2.96. The molecule has 0 saturated heterocycles. The largest absolute Gasteiger partial charge is 0.403 e. The number of aryl methyl sites for hydroxylation is 1. The molecule has 14 heavy (non-hydrogen) atoms. The molecule has 1 aromatic heterocycles. The quantitative estimate of drug-likeness (QED) is 0.888. The number of thiophene rings is 1. The van der Waals surface area contributed by atoms with Crippen molar-refractivity contribution in [3.05, 3.63) is 20.3 Å². The zero-order chi connectivity index (χ0) is 10.9. The molecule has 0 aliphatic heterocycles. The van der Waals surface area contributed by atoms with Gasteiger partial charge in [0.25, 0.3) is 0 Å². The lowest BCUT2D eigenvalue weighted by atomic mass is 10.2. The van der Waals surface area contributed by atoms with E-state index in [0.717, 1.165) is 9.35 Å². The highest BCUT2D eigenvalue weighted by molar-refractivity contribution is 9.10. The van der Waals surface area contributed by atoms with Crippen LogP contribution in [0.15, 0.2) is 10.5 Å². The molecule has 0 fully saturated rings. The Morgan fingerprint density at radius 3 is 2.50 bits per heavy atom. The van der Waals surface area contributed by atoms with E-state index in [0.29, 0.717) is 4.88 Å². The lowest BCUT2D eigenvalue weighted by molar-refractivity contribution is -0.147. The van der Waals surface area contributed by atoms with Crippen LogP contribution in [0.1, 0.15) is 9.75 Å². The van der Waals surface area contributed by atoms with Gasteiger partial charge in [0.2, 0.25) is 0 Å². The first-order valence-electron chi connectivity index (χ1n) is 3.88. The van der Waals surface area contributed by atoms with E-state index in [1.54, 1.807) is 6.07 Å². The van der Waals surface area contributed by atoms with Crippen LogP contribution in [-0.4, -0.2) is 12.2 Å². The first-order valence-corrected chi connectivity index (χ1v) is 5.48. The number of halogens is 4. The first kappa shape index (κ1) is 12.0. The van der Waals surface area contributed by atoms with Crippen LogP contribution in [0.5, 0.6) is 0 Å². The fourth-order valence-electron chi connectivity index (χ4n) is 0.951. The van der Waals surface area contributed by atoms with Crippen LogP contribution < -0.4 is 5.73 Å². The molecule has 80 valence electrons. The molecule has 0 amide bonds. The van der Waals surface area contributed by atoms with Crippen molar-refractivity contribution in [3.8, 4) is 0 Å². The number of hydrogen-bond donors (Lipinski definition) is 1. The second-order valence-corrected chi connectivity index (χ2v) is 5.16. The van der Waals surface area contributed by atoms with Crippen molar-refractivity contribution in [1.82, 2.24) is 0 Å². The summed E-state index contributed by atoms with van der Waals surface area (Å²) in [5.41, 5.74) is 5.01. The van der Waals surface area contributed by atoms with Gasteiger partial charge in [-0.1, -0.05) is 0 Å². The van der Waals surface area contributed by atoms with Crippen molar-refractivity contribution >= 4 is 27.3 Å². The van der Waals surface area contributed by atoms with Crippen molar-refractivity contribution in [3.63, 3.8) is 0 Å². The molecule has 0 saturated carbocycles. The van der Waals surface area contributed by atoms with Gasteiger partial charge in [0.05, 0.1) is 0 Å². The Kier molecular flexibility index (Phi) is 3.60. The van der Waals surface area contributed by atoms with Crippen LogP contribution in [-0.2, 0) is 6.42 Å². The predicted molar refractivity (Wildman–Crippen MR) is 54.5 cm³/mol. The van der Waals surface area contributed by atoms with E-state index in [1.165, 1.54) is 11.3 Å². The zero-order valence-electron chi connectivity index (χ0n) is 7.36. The third-order valence-electron chi connectivity index (χ3n) is 1.75. The van der Waals surface area contributed by atoms with Crippen LogP contribution in [0.2, 0.25) is 0 Å². The first-order chi connectivity index (χ1) is 6.30. The highest BCUT2D eigenvalue weighted by Gasteiger charge is 2.36. The summed E-state index contributed by atoms with van der Waals surface area (Å²) >= 11 is 4.58. The van der Waals surface area contributed by atoms with Crippen molar-refractivity contribution in [2.75, 3.05) is 0 Å². The van der Waals surface area contributed by atoms with Crippen LogP contribution in [0.3, 0.4) is 0 Å². The van der Waals surface area contributed by atoms with Crippen LogP contribution in [0, 0.1) is 6.92 Å². The zero-order valence-corrected chi connectivity index (χ0v) is 9.76. The van der Waals surface area contributed by atoms with E-state index < -0.39 is 12.2 Å². The van der Waals surface area contributed by atoms with Crippen molar-refractivity contribution < 1.29 is 13.2 Å². The number of alkyl halides is 3. The van der Waals surface area contributed by atoms with E-state index in [2.05, 4.69) is 15.9 Å². The lowest BCUT2D eigenvalue weighted by Crippen LogP contribution is -2.38. The Hall–Kier alpha value is -0.0700. The Bertz CT molecular complexity index is 301. The third-order valence-corrected chi connectivity index (χ3v) is 3.91. The molecule has 0 aromatic carbocycles. The topological polar surface area (TPSA) is 26.0 Å². The monoisotopic (exact) mass is 287 g/mol. The summed E-state index contributed by atoms with van der Waals surface area (Å²) < 4.78 is 37.2. The second-order valence-electron chi connectivity index (χ2n) is 2.97. The molecule has 0 radical (unpaired) electrons. The minimum absolute atomic E-state index is 0.152. The molecule has 0 spiro atoms. The molecule has 1 atom stereocenters. The van der Waals surface area contributed by atoms with Gasteiger partial charge in [-0.15, -0.1) is 11.3 Å². The average Bonchev–Trinajstić information content (AvgIpc) is 2.29. The summed E-state index contributed by atoms with van der Waals surface area (Å²) in [7, 11) is 0. The van der Waals surface area contributed by atoms with Gasteiger partial charge in [-0.25, -0.2) is 0 Å². The fraction of sp³-hybridized carbons (Fsp3) is 0.500. The summed E-state index contributed by atoms with van der Waals surface area (Å²) in [6.45, 7) is 1.84. The Labute approximate surface area is 92.2 Å². The summed E-state index contributed by atoms with van der Waals surface area (Å²) in [6.07, 6.45) is -4.47. The SMILES string of the molecule is Cc1sc(CC(N)C(F)(F)F)cc1Br. The summed E-state index contributed by atoms with van der Waals surface area (Å²) in [4.78, 5) is 1.62. The molecule has 1 unspecified atom stereocenters. The Morgan fingerprint density at radius 1 is 1.57 bits per heavy atom. The molecule has 0 bridgehead atoms. The predicted octanol–water partition coefficient (Wildman–Crippen LogP) is 3.25. The molecular weight excluding hydrogens is 279 g/mol. The van der Waals surface area contributed by atoms with E-state index >= 15 is 0 Å². The van der Waals surface area contributed by atoms with Gasteiger partial charge < -0.3 is 5.73 Å². The molecule has 0 aliphatic rings. The van der Waals surface area contributed by atoms with Crippen LogP contribution in [0.4, 0.5) is 13.2 Å². The number of rotatable bonds is 2. The summed E-state index contributed by atoms with van der Waals surface area (Å²) in [5, 5.41) is 0. The van der Waals surface area contributed by atoms with Gasteiger partial charge >= 0.3 is 6.18 Å². The minimum Gasteiger partial charge on any atom is -0.320 e. The maximum atomic E-state index is 12.1. The van der Waals surface area contributed by atoms with E-state index in [4.69, 9.17) is 5.73 Å². The molecular formula is C8H9BrF3NS. The lowest BCUT2D eigenvalue weighted by Gasteiger charge is -2.13. The maximum Gasteiger partial charge on any atom is 0.403 e. The number of hydrogen-bond acceptors (Lipinski definition) is 2. The molecule has 0 aliphatic carbocycles. The molecule has 2 N–H and O–H groups in total. The van der Waals surface area contributed by atoms with Crippen molar-refractivity contribution in [2.24, 2.45) is 5.73 Å². The highest BCUT2D eigenvalue weighted by Crippen LogP contribution is 2.29. The Balaban J connectivity index is 2.70. The van der Waals surface area contributed by atoms with Crippen LogP contribution >= 0.6 is 27.3 Å². The normalized spacial score (nSPS) is 14.4. The van der Waals surface area contributed by atoms with E-state index in [9.17, 15) is 13.2 Å². The Morgan fingerprint density at radius 2 is 2.14 bits per heavy atom. The van der Waals surface area contributed by atoms with E-state index in [1.807, 2.05) is 6.92 Å². The molecule has 6 heteroatoms. The van der Waals surface area contributed by atoms with Gasteiger partial charge in [-0.05, 0) is 28.9 Å². The molecule has 1 aromatic rings. The highest BCUT2D eigenvalue weighted by atomic mass is 79.9. The average molecular weight is 288 g/mol. The van der Waals surface area contributed by atoms with Gasteiger partial charge in [0.1, 0.15) is 6.04 Å². The van der Waals surface area contributed by atoms with Gasteiger partial charge in [0, 0.05) is 20.6 Å². The van der Waals surface area contributed by atoms with Crippen LogP contribution in [0.25, 0.3) is 0 Å². The van der Waals surface area contributed by atoms with E-state index in [-0.39, 0.29) is 6.42 Å². The van der Waals surface area contributed by atoms with Gasteiger partial charge in [-0.3, -0.25) is 0 Å². The minimum atomic E-state index is -4.32. The molecule has 1 rings (SSSR count). The second kappa shape index (κ2) is 4.20. The molecule has 1 nitrogen and oxygen atoms in total. The van der Waals surface area contributed by atoms with Gasteiger partial charge in [0.15, 0.2) is 0 Å². The fourth-order valence-corrected chi connectivity index (χ4v) is 2.61. The smallest absolute Gasteiger partial charge is 0.320 e. The number of nitrogens with two attached hydrogens (primary N) is 1. The summed E-state index contributed by atoms with van der Waals surface area (Å²) in [5.74, 6) is 0. The van der Waals surface area contributed by atoms with Crippen molar-refractivity contribution in [2.45, 2.75) is 25.6 Å². The standard InChI is InChI=1S/C8H9BrF3NS/c1-4-6(9)2-5(14-4)3-7(13)8(10,11)12/h2,7H,3,13H2,1H3. The molecule has 1 heterocycles.